The van der Waals surface area contributed by atoms with E-state index >= 15 is 0 Å². The van der Waals surface area contributed by atoms with Crippen LogP contribution in [0.15, 0.2) is 0 Å². The van der Waals surface area contributed by atoms with Crippen LogP contribution in [0, 0.1) is 0 Å². The second kappa shape index (κ2) is 24.1. The Bertz CT molecular complexity index is 23.0. The number of halogens is 1. The second-order valence-corrected chi connectivity index (χ2v) is 1.71. The van der Waals surface area contributed by atoms with E-state index in [1.54, 1.807) is 0 Å². The zero-order chi connectivity index (χ0) is 4.83. The predicted molar refractivity (Wildman–Crippen MR) is 47.1 cm³/mol. The Kier molecular flexibility index (Phi) is 61.2. The van der Waals surface area contributed by atoms with Crippen LogP contribution >= 0.6 is 12.4 Å². The van der Waals surface area contributed by atoms with Gasteiger partial charge in [-0.25, -0.2) is 0 Å². The standard InChI is InChI=1S/C6H14.ClH.2H3N/c1-3-5-6-4-2;;;/h3-6H2,1-2H3;1H;2*1H3. The van der Waals surface area contributed by atoms with Gasteiger partial charge in [-0.15, -0.1) is 12.4 Å². The van der Waals surface area contributed by atoms with Crippen molar-refractivity contribution in [2.75, 3.05) is 0 Å². The van der Waals surface area contributed by atoms with Crippen molar-refractivity contribution in [2.45, 2.75) is 39.5 Å². The Morgan fingerprint density at radius 3 is 1.11 bits per heavy atom. The van der Waals surface area contributed by atoms with Gasteiger partial charge in [-0.1, -0.05) is 39.5 Å². The molecule has 0 bridgehead atoms. The van der Waals surface area contributed by atoms with Gasteiger partial charge in [-0.2, -0.15) is 0 Å². The molecule has 0 heterocycles. The summed E-state index contributed by atoms with van der Waals surface area (Å²) in [6, 6.07) is 0. The van der Waals surface area contributed by atoms with Gasteiger partial charge in [0.25, 0.3) is 0 Å². The summed E-state index contributed by atoms with van der Waals surface area (Å²) in [5.74, 6) is 0. The monoisotopic (exact) mass is 156 g/mol. The maximum absolute atomic E-state index is 2.23. The molecule has 62 valence electrons. The van der Waals surface area contributed by atoms with Crippen molar-refractivity contribution in [1.29, 1.82) is 0 Å². The van der Waals surface area contributed by atoms with E-state index in [1.807, 2.05) is 0 Å². The van der Waals surface area contributed by atoms with E-state index in [2.05, 4.69) is 13.8 Å². The molecule has 0 aromatic heterocycles. The Hall–Kier alpha value is 0.210. The minimum absolute atomic E-state index is 0. The molecule has 0 atom stereocenters. The fourth-order valence-electron chi connectivity index (χ4n) is 0.500. The molecule has 3 heteroatoms. The highest BCUT2D eigenvalue weighted by Crippen LogP contribution is 1.95. The zero-order valence-corrected chi connectivity index (χ0v) is 7.47. The quantitative estimate of drug-likeness (QED) is 0.616. The van der Waals surface area contributed by atoms with Crippen LogP contribution in [-0.4, -0.2) is 0 Å². The van der Waals surface area contributed by atoms with E-state index in [-0.39, 0.29) is 24.7 Å². The van der Waals surface area contributed by atoms with Crippen LogP contribution in [-0.2, 0) is 0 Å². The van der Waals surface area contributed by atoms with Crippen LogP contribution < -0.4 is 12.3 Å². The average molecular weight is 157 g/mol. The average Bonchev–Trinajstić information content (AvgIpc) is 1.61. The summed E-state index contributed by atoms with van der Waals surface area (Å²) >= 11 is 0. The highest BCUT2D eigenvalue weighted by molar-refractivity contribution is 5.85. The minimum atomic E-state index is 0. The molecule has 9 heavy (non-hydrogen) atoms. The van der Waals surface area contributed by atoms with Crippen molar-refractivity contribution < 1.29 is 0 Å². The summed E-state index contributed by atoms with van der Waals surface area (Å²) in [7, 11) is 0. The molecular formula is C6H21ClN2. The number of hydrogen-bond acceptors (Lipinski definition) is 2. The first-order valence-electron chi connectivity index (χ1n) is 2.91. The minimum Gasteiger partial charge on any atom is -0.344 e. The van der Waals surface area contributed by atoms with Crippen LogP contribution in [0.2, 0.25) is 0 Å². The van der Waals surface area contributed by atoms with Crippen LogP contribution in [0.4, 0.5) is 0 Å². The Balaban J connectivity index is -0.0000000417. The van der Waals surface area contributed by atoms with E-state index in [4.69, 9.17) is 0 Å². The van der Waals surface area contributed by atoms with Gasteiger partial charge >= 0.3 is 0 Å². The Morgan fingerprint density at radius 2 is 1.00 bits per heavy atom. The molecule has 0 unspecified atom stereocenters. The lowest BCUT2D eigenvalue weighted by atomic mass is 10.2. The van der Waals surface area contributed by atoms with Crippen molar-refractivity contribution in [3.05, 3.63) is 0 Å². The predicted octanol–water partition coefficient (Wildman–Crippen LogP) is 3.33. The first-order chi connectivity index (χ1) is 2.91. The Morgan fingerprint density at radius 1 is 0.778 bits per heavy atom. The van der Waals surface area contributed by atoms with Gasteiger partial charge in [0.05, 0.1) is 0 Å². The van der Waals surface area contributed by atoms with Gasteiger partial charge in [0.2, 0.25) is 0 Å². The van der Waals surface area contributed by atoms with Gasteiger partial charge in [0, 0.05) is 0 Å². The van der Waals surface area contributed by atoms with Crippen LogP contribution in [0.5, 0.6) is 0 Å². The fraction of sp³-hybridized carbons (Fsp3) is 1.00. The van der Waals surface area contributed by atoms with Crippen molar-refractivity contribution in [3.63, 3.8) is 0 Å². The molecule has 0 aliphatic carbocycles. The zero-order valence-electron chi connectivity index (χ0n) is 6.65. The lowest BCUT2D eigenvalue weighted by molar-refractivity contribution is 0.702. The summed E-state index contributed by atoms with van der Waals surface area (Å²) < 4.78 is 0. The van der Waals surface area contributed by atoms with E-state index in [0.29, 0.717) is 0 Å². The topological polar surface area (TPSA) is 70.0 Å². The normalized spacial score (nSPS) is 6.00. The molecule has 0 saturated carbocycles. The summed E-state index contributed by atoms with van der Waals surface area (Å²) in [6.45, 7) is 4.46. The van der Waals surface area contributed by atoms with E-state index in [0.717, 1.165) is 0 Å². The van der Waals surface area contributed by atoms with Gasteiger partial charge in [-0.05, 0) is 0 Å². The molecule has 0 aliphatic rings. The van der Waals surface area contributed by atoms with E-state index in [1.165, 1.54) is 25.7 Å². The van der Waals surface area contributed by atoms with Crippen molar-refractivity contribution in [2.24, 2.45) is 0 Å². The first-order valence-corrected chi connectivity index (χ1v) is 2.91. The molecule has 0 aromatic carbocycles. The van der Waals surface area contributed by atoms with Crippen molar-refractivity contribution in [1.82, 2.24) is 12.3 Å². The van der Waals surface area contributed by atoms with Crippen LogP contribution in [0.3, 0.4) is 0 Å². The van der Waals surface area contributed by atoms with Crippen molar-refractivity contribution in [3.8, 4) is 0 Å². The smallest absolute Gasteiger partial charge is 0.0536 e. The lowest BCUT2D eigenvalue weighted by Gasteiger charge is -1.86. The van der Waals surface area contributed by atoms with E-state index in [9.17, 15) is 0 Å². The van der Waals surface area contributed by atoms with Gasteiger partial charge < -0.3 is 12.3 Å². The molecule has 0 fully saturated rings. The molecule has 2 nitrogen and oxygen atoms in total. The molecule has 0 rings (SSSR count). The maximum atomic E-state index is 2.23. The summed E-state index contributed by atoms with van der Waals surface area (Å²) in [4.78, 5) is 0. The van der Waals surface area contributed by atoms with Crippen LogP contribution in [0.1, 0.15) is 39.5 Å². The molecule has 0 spiro atoms. The van der Waals surface area contributed by atoms with Gasteiger partial charge in [-0.3, -0.25) is 0 Å². The van der Waals surface area contributed by atoms with Crippen molar-refractivity contribution >= 4 is 12.4 Å². The number of unbranched alkanes of at least 4 members (excludes halogenated alkanes) is 3. The molecule has 0 aliphatic heterocycles. The van der Waals surface area contributed by atoms with Gasteiger partial charge in [0.15, 0.2) is 0 Å². The molecule has 0 radical (unpaired) electrons. The highest BCUT2D eigenvalue weighted by atomic mass is 35.5. The van der Waals surface area contributed by atoms with Gasteiger partial charge in [0.1, 0.15) is 0 Å². The third kappa shape index (κ3) is 30.7. The van der Waals surface area contributed by atoms with Crippen LogP contribution in [0.25, 0.3) is 0 Å². The summed E-state index contributed by atoms with van der Waals surface area (Å²) in [5, 5.41) is 0. The highest BCUT2D eigenvalue weighted by Gasteiger charge is 1.75. The maximum Gasteiger partial charge on any atom is -0.0536 e. The summed E-state index contributed by atoms with van der Waals surface area (Å²) in [5.41, 5.74) is 0. The first kappa shape index (κ1) is 22.9. The Labute approximate surface area is 65.0 Å². The molecular weight excluding hydrogens is 136 g/mol. The number of hydrogen-bond donors (Lipinski definition) is 2. The third-order valence-electron chi connectivity index (χ3n) is 0.957. The molecule has 0 aromatic rings. The fourth-order valence-corrected chi connectivity index (χ4v) is 0.500. The van der Waals surface area contributed by atoms with E-state index < -0.39 is 0 Å². The largest absolute Gasteiger partial charge is 0.344 e. The number of rotatable bonds is 3. The molecule has 0 amide bonds. The lowest BCUT2D eigenvalue weighted by Crippen LogP contribution is -1.66. The molecule has 6 N–H and O–H groups in total. The second-order valence-electron chi connectivity index (χ2n) is 1.71. The molecule has 0 saturated heterocycles. The third-order valence-corrected chi connectivity index (χ3v) is 0.957. The SMILES string of the molecule is CCCCCC.Cl.N.N. The summed E-state index contributed by atoms with van der Waals surface area (Å²) in [6.07, 6.45) is 5.54.